The monoisotopic (exact) mass is 226 g/mol. The average Bonchev–Trinajstić information content (AvgIpc) is 2.29. The Morgan fingerprint density at radius 1 is 1.56 bits per heavy atom. The predicted octanol–water partition coefficient (Wildman–Crippen LogP) is -0.460. The number of ether oxygens (including phenoxy) is 1. The zero-order chi connectivity index (χ0) is 12.3. The second-order valence-electron chi connectivity index (χ2n) is 3.38. The van der Waals surface area contributed by atoms with Crippen molar-refractivity contribution in [3.63, 3.8) is 0 Å². The second-order valence-corrected chi connectivity index (χ2v) is 3.38. The van der Waals surface area contributed by atoms with Crippen LogP contribution in [0.3, 0.4) is 0 Å². The smallest absolute Gasteiger partial charge is 0.337 e. The molecule has 0 amide bonds. The number of anilines is 1. The van der Waals surface area contributed by atoms with Crippen molar-refractivity contribution >= 4 is 11.7 Å². The molecule has 0 aromatic carbocycles. The van der Waals surface area contributed by atoms with E-state index in [0.29, 0.717) is 11.3 Å². The van der Waals surface area contributed by atoms with E-state index in [1.165, 1.54) is 12.3 Å². The van der Waals surface area contributed by atoms with Gasteiger partial charge in [-0.3, -0.25) is 4.98 Å². The standard InChI is InChI=1S/C10H14N2O4/c1-5-3-7(12-4-6(5)11)8(13)9(14)10(15)16-2/h3-4,8-9,13-14H,11H2,1-2H3. The van der Waals surface area contributed by atoms with E-state index >= 15 is 0 Å². The normalized spacial score (nSPS) is 14.2. The van der Waals surface area contributed by atoms with Crippen molar-refractivity contribution in [3.05, 3.63) is 23.5 Å². The molecule has 0 bridgehead atoms. The quantitative estimate of drug-likeness (QED) is 0.602. The lowest BCUT2D eigenvalue weighted by molar-refractivity contribution is -0.157. The molecule has 1 aromatic rings. The number of aliphatic hydroxyl groups is 2. The number of aryl methyl sites for hydroxylation is 1. The van der Waals surface area contributed by atoms with Crippen LogP contribution in [0.4, 0.5) is 5.69 Å². The van der Waals surface area contributed by atoms with Crippen LogP contribution in [0, 0.1) is 6.92 Å². The molecule has 1 rings (SSSR count). The molecule has 4 N–H and O–H groups in total. The van der Waals surface area contributed by atoms with Crippen molar-refractivity contribution in [2.24, 2.45) is 0 Å². The lowest BCUT2D eigenvalue weighted by atomic mass is 10.1. The molecule has 1 heterocycles. The third-order valence-corrected chi connectivity index (χ3v) is 2.22. The second kappa shape index (κ2) is 4.91. The summed E-state index contributed by atoms with van der Waals surface area (Å²) < 4.78 is 4.31. The van der Waals surface area contributed by atoms with E-state index < -0.39 is 18.2 Å². The molecule has 2 unspecified atom stereocenters. The van der Waals surface area contributed by atoms with Gasteiger partial charge < -0.3 is 20.7 Å². The Labute approximate surface area is 92.7 Å². The summed E-state index contributed by atoms with van der Waals surface area (Å²) in [7, 11) is 1.12. The van der Waals surface area contributed by atoms with Crippen LogP contribution in [0.25, 0.3) is 0 Å². The first-order valence-electron chi connectivity index (χ1n) is 4.63. The molecule has 0 fully saturated rings. The number of pyridine rings is 1. The Balaban J connectivity index is 2.91. The third kappa shape index (κ3) is 2.47. The molecule has 0 aliphatic carbocycles. The van der Waals surface area contributed by atoms with Crippen molar-refractivity contribution in [3.8, 4) is 0 Å². The van der Waals surface area contributed by atoms with Gasteiger partial charge in [0.05, 0.1) is 24.7 Å². The van der Waals surface area contributed by atoms with Gasteiger partial charge in [0.1, 0.15) is 6.10 Å². The van der Waals surface area contributed by atoms with Gasteiger partial charge in [0, 0.05) is 0 Å². The van der Waals surface area contributed by atoms with E-state index in [9.17, 15) is 15.0 Å². The highest BCUT2D eigenvalue weighted by Crippen LogP contribution is 2.19. The maximum absolute atomic E-state index is 11.0. The number of nitrogens with zero attached hydrogens (tertiary/aromatic N) is 1. The van der Waals surface area contributed by atoms with Gasteiger partial charge in [-0.15, -0.1) is 0 Å². The van der Waals surface area contributed by atoms with E-state index in [1.54, 1.807) is 6.92 Å². The van der Waals surface area contributed by atoms with Crippen LogP contribution < -0.4 is 5.73 Å². The molecule has 0 saturated heterocycles. The number of nitrogen functional groups attached to an aromatic ring is 1. The fourth-order valence-electron chi connectivity index (χ4n) is 1.16. The fourth-order valence-corrected chi connectivity index (χ4v) is 1.16. The van der Waals surface area contributed by atoms with Gasteiger partial charge in [-0.2, -0.15) is 0 Å². The SMILES string of the molecule is COC(=O)C(O)C(O)c1cc(C)c(N)cn1. The van der Waals surface area contributed by atoms with Crippen molar-refractivity contribution in [1.29, 1.82) is 0 Å². The first-order valence-corrected chi connectivity index (χ1v) is 4.63. The number of carbonyl (C=O) groups is 1. The Hall–Kier alpha value is -1.66. The number of esters is 1. The molecular formula is C10H14N2O4. The van der Waals surface area contributed by atoms with Crippen LogP contribution in [-0.2, 0) is 9.53 Å². The number of hydrogen-bond donors (Lipinski definition) is 3. The minimum absolute atomic E-state index is 0.171. The number of aromatic nitrogens is 1. The number of nitrogens with two attached hydrogens (primary N) is 1. The highest BCUT2D eigenvalue weighted by Gasteiger charge is 2.27. The number of aliphatic hydroxyl groups excluding tert-OH is 2. The highest BCUT2D eigenvalue weighted by atomic mass is 16.5. The summed E-state index contributed by atoms with van der Waals surface area (Å²) >= 11 is 0. The topological polar surface area (TPSA) is 106 Å². The lowest BCUT2D eigenvalue weighted by Crippen LogP contribution is -2.29. The number of rotatable bonds is 3. The largest absolute Gasteiger partial charge is 0.467 e. The molecule has 6 nitrogen and oxygen atoms in total. The number of hydrogen-bond acceptors (Lipinski definition) is 6. The van der Waals surface area contributed by atoms with Gasteiger partial charge in [-0.05, 0) is 18.6 Å². The van der Waals surface area contributed by atoms with Crippen LogP contribution in [0.1, 0.15) is 17.4 Å². The molecule has 88 valence electrons. The van der Waals surface area contributed by atoms with Crippen molar-refractivity contribution in [2.75, 3.05) is 12.8 Å². The zero-order valence-electron chi connectivity index (χ0n) is 9.04. The summed E-state index contributed by atoms with van der Waals surface area (Å²) in [5.41, 5.74) is 6.91. The molecule has 0 spiro atoms. The van der Waals surface area contributed by atoms with Crippen LogP contribution in [0.15, 0.2) is 12.3 Å². The molecule has 0 saturated carbocycles. The molecule has 0 aliphatic rings. The lowest BCUT2D eigenvalue weighted by Gasteiger charge is -2.15. The molecule has 1 aromatic heterocycles. The Morgan fingerprint density at radius 3 is 2.69 bits per heavy atom. The maximum atomic E-state index is 11.0. The summed E-state index contributed by atoms with van der Waals surface area (Å²) in [6, 6.07) is 1.51. The minimum atomic E-state index is -1.65. The van der Waals surface area contributed by atoms with Crippen molar-refractivity contribution in [1.82, 2.24) is 4.98 Å². The van der Waals surface area contributed by atoms with Crippen LogP contribution in [0.2, 0.25) is 0 Å². The average molecular weight is 226 g/mol. The summed E-state index contributed by atoms with van der Waals surface area (Å²) in [5.74, 6) is -0.913. The summed E-state index contributed by atoms with van der Waals surface area (Å²) in [5, 5.41) is 19.1. The van der Waals surface area contributed by atoms with Crippen LogP contribution in [-0.4, -0.2) is 34.4 Å². The first-order chi connectivity index (χ1) is 7.47. The summed E-state index contributed by atoms with van der Waals surface area (Å²) in [4.78, 5) is 14.8. The Morgan fingerprint density at radius 2 is 2.19 bits per heavy atom. The van der Waals surface area contributed by atoms with Gasteiger partial charge in [-0.25, -0.2) is 4.79 Å². The van der Waals surface area contributed by atoms with E-state index in [4.69, 9.17) is 5.73 Å². The highest BCUT2D eigenvalue weighted by molar-refractivity contribution is 5.75. The van der Waals surface area contributed by atoms with E-state index in [1.807, 2.05) is 0 Å². The van der Waals surface area contributed by atoms with E-state index in [-0.39, 0.29) is 5.69 Å². The van der Waals surface area contributed by atoms with E-state index in [0.717, 1.165) is 7.11 Å². The third-order valence-electron chi connectivity index (χ3n) is 2.22. The van der Waals surface area contributed by atoms with Gasteiger partial charge in [0.15, 0.2) is 6.10 Å². The molecule has 2 atom stereocenters. The van der Waals surface area contributed by atoms with Crippen LogP contribution in [0.5, 0.6) is 0 Å². The molecular weight excluding hydrogens is 212 g/mol. The first kappa shape index (κ1) is 12.4. The fraction of sp³-hybridized carbons (Fsp3) is 0.400. The molecule has 0 aliphatic heterocycles. The summed E-state index contributed by atoms with van der Waals surface area (Å²) in [6.07, 6.45) is -1.72. The number of carbonyl (C=O) groups excluding carboxylic acids is 1. The van der Waals surface area contributed by atoms with Gasteiger partial charge >= 0.3 is 5.97 Å². The maximum Gasteiger partial charge on any atom is 0.337 e. The summed E-state index contributed by atoms with van der Waals surface area (Å²) in [6.45, 7) is 1.73. The molecule has 6 heteroatoms. The van der Waals surface area contributed by atoms with Gasteiger partial charge in [-0.1, -0.05) is 0 Å². The minimum Gasteiger partial charge on any atom is -0.467 e. The van der Waals surface area contributed by atoms with Crippen molar-refractivity contribution < 1.29 is 19.7 Å². The van der Waals surface area contributed by atoms with Gasteiger partial charge in [0.2, 0.25) is 0 Å². The predicted molar refractivity (Wildman–Crippen MR) is 56.4 cm³/mol. The van der Waals surface area contributed by atoms with Crippen LogP contribution >= 0.6 is 0 Å². The number of methoxy groups -OCH3 is 1. The van der Waals surface area contributed by atoms with E-state index in [2.05, 4.69) is 9.72 Å². The van der Waals surface area contributed by atoms with Gasteiger partial charge in [0.25, 0.3) is 0 Å². The molecule has 16 heavy (non-hydrogen) atoms. The Bertz CT molecular complexity index is 394. The Kier molecular flexibility index (Phi) is 3.81. The zero-order valence-corrected chi connectivity index (χ0v) is 9.04. The molecule has 0 radical (unpaired) electrons. The van der Waals surface area contributed by atoms with Crippen molar-refractivity contribution in [2.45, 2.75) is 19.1 Å².